The summed E-state index contributed by atoms with van der Waals surface area (Å²) in [6, 6.07) is 0. The van der Waals surface area contributed by atoms with Gasteiger partial charge >= 0.3 is 0 Å². The Bertz CT molecular complexity index is 227. The first kappa shape index (κ1) is 12.3. The normalized spacial score (nSPS) is 21.3. The topological polar surface area (TPSA) is 90.9 Å². The third-order valence-electron chi connectivity index (χ3n) is 2.95. The highest BCUT2D eigenvalue weighted by molar-refractivity contribution is 5.80. The average Bonchev–Trinajstić information content (AvgIpc) is 2.97. The van der Waals surface area contributed by atoms with Crippen LogP contribution in [-0.4, -0.2) is 35.8 Å². The predicted molar refractivity (Wildman–Crippen MR) is 58.8 cm³/mol. The van der Waals surface area contributed by atoms with Gasteiger partial charge in [0.25, 0.3) is 0 Å². The van der Waals surface area contributed by atoms with Crippen molar-refractivity contribution in [2.45, 2.75) is 26.2 Å². The highest BCUT2D eigenvalue weighted by Crippen LogP contribution is 2.48. The van der Waals surface area contributed by atoms with Crippen molar-refractivity contribution in [3.8, 4) is 0 Å². The van der Waals surface area contributed by atoms with Gasteiger partial charge < -0.3 is 21.4 Å². The van der Waals surface area contributed by atoms with Crippen LogP contribution in [0.1, 0.15) is 26.2 Å². The third kappa shape index (κ3) is 4.05. The van der Waals surface area contributed by atoms with E-state index >= 15 is 0 Å². The zero-order valence-corrected chi connectivity index (χ0v) is 9.24. The molecular weight excluding hydrogens is 194 g/mol. The lowest BCUT2D eigenvalue weighted by molar-refractivity contribution is 0.231. The Hall–Kier alpha value is -0.810. The van der Waals surface area contributed by atoms with Gasteiger partial charge in [0, 0.05) is 19.6 Å². The lowest BCUT2D eigenvalue weighted by Crippen LogP contribution is -2.31. The van der Waals surface area contributed by atoms with Crippen LogP contribution >= 0.6 is 0 Å². The molecule has 15 heavy (non-hydrogen) atoms. The van der Waals surface area contributed by atoms with E-state index in [0.29, 0.717) is 12.3 Å². The molecule has 0 aromatic heterocycles. The van der Waals surface area contributed by atoms with Gasteiger partial charge in [0.1, 0.15) is 5.84 Å². The molecule has 1 rings (SSSR count). The van der Waals surface area contributed by atoms with Crippen molar-refractivity contribution >= 4 is 5.84 Å². The van der Waals surface area contributed by atoms with E-state index in [1.165, 1.54) is 0 Å². The Balaban J connectivity index is 2.20. The number of oxime groups is 1. The van der Waals surface area contributed by atoms with Crippen LogP contribution in [-0.2, 0) is 0 Å². The van der Waals surface area contributed by atoms with Crippen molar-refractivity contribution < 1.29 is 10.3 Å². The fourth-order valence-corrected chi connectivity index (χ4v) is 1.66. The number of nitrogens with zero attached hydrogens (tertiary/aromatic N) is 1. The number of nitrogens with two attached hydrogens (primary N) is 1. The second-order valence-electron chi connectivity index (χ2n) is 4.69. The minimum absolute atomic E-state index is 0.200. The minimum Gasteiger partial charge on any atom is -0.409 e. The molecule has 1 aliphatic rings. The molecule has 0 spiro atoms. The van der Waals surface area contributed by atoms with Crippen LogP contribution in [0.25, 0.3) is 0 Å². The van der Waals surface area contributed by atoms with E-state index in [4.69, 9.17) is 16.0 Å². The van der Waals surface area contributed by atoms with Crippen molar-refractivity contribution in [3.05, 3.63) is 0 Å². The molecule has 0 aromatic rings. The van der Waals surface area contributed by atoms with E-state index in [2.05, 4.69) is 10.5 Å². The first-order chi connectivity index (χ1) is 7.12. The maximum atomic E-state index is 8.85. The Morgan fingerprint density at radius 3 is 2.73 bits per heavy atom. The van der Waals surface area contributed by atoms with E-state index in [1.54, 1.807) is 0 Å². The van der Waals surface area contributed by atoms with E-state index < -0.39 is 0 Å². The summed E-state index contributed by atoms with van der Waals surface area (Å²) in [4.78, 5) is 0. The van der Waals surface area contributed by atoms with Crippen LogP contribution in [0, 0.1) is 11.3 Å². The van der Waals surface area contributed by atoms with Crippen molar-refractivity contribution in [3.63, 3.8) is 0 Å². The van der Waals surface area contributed by atoms with E-state index in [-0.39, 0.29) is 17.9 Å². The summed E-state index contributed by atoms with van der Waals surface area (Å²) in [6.07, 6.45) is 2.91. The fraction of sp³-hybridized carbons (Fsp3) is 0.900. The van der Waals surface area contributed by atoms with Crippen molar-refractivity contribution in [2.75, 3.05) is 19.7 Å². The number of aliphatic hydroxyl groups is 1. The maximum absolute atomic E-state index is 8.85. The van der Waals surface area contributed by atoms with Gasteiger partial charge in [-0.3, -0.25) is 0 Å². The van der Waals surface area contributed by atoms with Gasteiger partial charge in [0.2, 0.25) is 0 Å². The molecule has 0 saturated heterocycles. The highest BCUT2D eigenvalue weighted by Gasteiger charge is 2.42. The van der Waals surface area contributed by atoms with Gasteiger partial charge in [0.15, 0.2) is 0 Å². The lowest BCUT2D eigenvalue weighted by atomic mass is 10.0. The lowest BCUT2D eigenvalue weighted by Gasteiger charge is -2.16. The second-order valence-corrected chi connectivity index (χ2v) is 4.69. The maximum Gasteiger partial charge on any atom is 0.139 e. The molecule has 0 radical (unpaired) electrons. The molecule has 1 atom stereocenters. The van der Waals surface area contributed by atoms with Crippen LogP contribution in [0.2, 0.25) is 0 Å². The van der Waals surface area contributed by atoms with Crippen molar-refractivity contribution in [1.82, 2.24) is 5.32 Å². The zero-order valence-electron chi connectivity index (χ0n) is 9.24. The number of hydrogen-bond acceptors (Lipinski definition) is 4. The van der Waals surface area contributed by atoms with Crippen molar-refractivity contribution in [1.29, 1.82) is 0 Å². The SMILES string of the molecule is CC(CO)CNCC1(CC(N)=NO)CC1. The van der Waals surface area contributed by atoms with Crippen LogP contribution in [0.5, 0.6) is 0 Å². The second kappa shape index (κ2) is 5.32. The summed E-state index contributed by atoms with van der Waals surface area (Å²) in [5, 5.41) is 23.7. The molecule has 0 heterocycles. The summed E-state index contributed by atoms with van der Waals surface area (Å²) in [6.45, 7) is 3.90. The molecule has 5 nitrogen and oxygen atoms in total. The molecule has 88 valence electrons. The van der Waals surface area contributed by atoms with E-state index in [1.807, 2.05) is 6.92 Å². The summed E-state index contributed by atoms with van der Waals surface area (Å²) in [5.74, 6) is 0.592. The first-order valence-corrected chi connectivity index (χ1v) is 5.40. The molecule has 0 aromatic carbocycles. The molecule has 5 heteroatoms. The van der Waals surface area contributed by atoms with Crippen LogP contribution in [0.15, 0.2) is 5.16 Å². The van der Waals surface area contributed by atoms with Gasteiger partial charge in [-0.25, -0.2) is 0 Å². The van der Waals surface area contributed by atoms with Crippen molar-refractivity contribution in [2.24, 2.45) is 22.2 Å². The quantitative estimate of drug-likeness (QED) is 0.210. The monoisotopic (exact) mass is 215 g/mol. The molecule has 0 amide bonds. The Labute approximate surface area is 90.3 Å². The minimum atomic E-state index is 0.200. The largest absolute Gasteiger partial charge is 0.409 e. The molecule has 1 fully saturated rings. The Morgan fingerprint density at radius 2 is 2.27 bits per heavy atom. The third-order valence-corrected chi connectivity index (χ3v) is 2.95. The van der Waals surface area contributed by atoms with Gasteiger partial charge in [-0.15, -0.1) is 0 Å². The summed E-state index contributed by atoms with van der Waals surface area (Å²) in [5.41, 5.74) is 5.69. The number of aliphatic hydroxyl groups excluding tert-OH is 1. The number of nitrogens with one attached hydrogen (secondary N) is 1. The molecule has 0 bridgehead atoms. The van der Waals surface area contributed by atoms with E-state index in [0.717, 1.165) is 25.9 Å². The molecule has 5 N–H and O–H groups in total. The fourth-order valence-electron chi connectivity index (χ4n) is 1.66. The van der Waals surface area contributed by atoms with Gasteiger partial charge in [0.05, 0.1) is 0 Å². The van der Waals surface area contributed by atoms with E-state index in [9.17, 15) is 0 Å². The smallest absolute Gasteiger partial charge is 0.139 e. The standard InChI is InChI=1S/C10H21N3O2/c1-8(6-14)5-12-7-10(2-3-10)4-9(11)13-15/h8,12,14-15H,2-7H2,1H3,(H2,11,13). The molecule has 0 aliphatic heterocycles. The van der Waals surface area contributed by atoms with Gasteiger partial charge in [-0.05, 0) is 30.7 Å². The number of rotatable bonds is 7. The predicted octanol–water partition coefficient (Wildman–Crippen LogP) is 0.121. The van der Waals surface area contributed by atoms with Gasteiger partial charge in [-0.1, -0.05) is 12.1 Å². The molecule has 1 saturated carbocycles. The average molecular weight is 215 g/mol. The Kier molecular flexibility index (Phi) is 4.35. The molecular formula is C10H21N3O2. The first-order valence-electron chi connectivity index (χ1n) is 5.40. The Morgan fingerprint density at radius 1 is 1.60 bits per heavy atom. The van der Waals surface area contributed by atoms with Gasteiger partial charge in [-0.2, -0.15) is 0 Å². The summed E-state index contributed by atoms with van der Waals surface area (Å²) < 4.78 is 0. The highest BCUT2D eigenvalue weighted by atomic mass is 16.4. The number of amidine groups is 1. The van der Waals surface area contributed by atoms with Crippen LogP contribution in [0.4, 0.5) is 0 Å². The molecule has 1 aliphatic carbocycles. The summed E-state index contributed by atoms with van der Waals surface area (Å²) >= 11 is 0. The zero-order chi connectivity index (χ0) is 11.3. The molecule has 1 unspecified atom stereocenters. The van der Waals surface area contributed by atoms with Crippen LogP contribution < -0.4 is 11.1 Å². The summed E-state index contributed by atoms with van der Waals surface area (Å²) in [7, 11) is 0. The van der Waals surface area contributed by atoms with Crippen LogP contribution in [0.3, 0.4) is 0 Å². The number of hydrogen-bond donors (Lipinski definition) is 4.